The van der Waals surface area contributed by atoms with Crippen LogP contribution in [0.15, 0.2) is 6.07 Å². The summed E-state index contributed by atoms with van der Waals surface area (Å²) < 4.78 is 0. The maximum absolute atomic E-state index is 9.39. The first kappa shape index (κ1) is 14.7. The Morgan fingerprint density at radius 3 is 2.53 bits per heavy atom. The molecule has 0 fully saturated rings. The third-order valence-corrected chi connectivity index (χ3v) is 4.60. The van der Waals surface area contributed by atoms with Gasteiger partial charge in [-0.05, 0) is 38.8 Å². The van der Waals surface area contributed by atoms with Crippen molar-refractivity contribution in [3.63, 3.8) is 0 Å². The van der Waals surface area contributed by atoms with E-state index in [2.05, 4.69) is 46.0 Å². The van der Waals surface area contributed by atoms with Gasteiger partial charge in [0.15, 0.2) is 0 Å². The summed E-state index contributed by atoms with van der Waals surface area (Å²) in [7, 11) is 0. The van der Waals surface area contributed by atoms with E-state index in [0.29, 0.717) is 6.04 Å². The van der Waals surface area contributed by atoms with E-state index in [1.54, 1.807) is 0 Å². The number of nitrogens with one attached hydrogen (secondary N) is 1. The Balaban J connectivity index is 2.61. The second kappa shape index (κ2) is 5.98. The van der Waals surface area contributed by atoms with Gasteiger partial charge in [-0.1, -0.05) is 13.8 Å². The average Bonchev–Trinajstić information content (AvgIpc) is 2.65. The Hall–Kier alpha value is -0.380. The molecule has 0 aromatic carbocycles. The van der Waals surface area contributed by atoms with Crippen molar-refractivity contribution in [3.05, 3.63) is 21.4 Å². The van der Waals surface area contributed by atoms with Crippen molar-refractivity contribution >= 4 is 11.3 Å². The third-order valence-electron chi connectivity index (χ3n) is 3.62. The molecule has 1 rings (SSSR count). The molecule has 1 aromatic rings. The van der Waals surface area contributed by atoms with Gasteiger partial charge in [-0.15, -0.1) is 11.3 Å². The van der Waals surface area contributed by atoms with Crippen LogP contribution in [-0.2, 0) is 0 Å². The Labute approximate surface area is 109 Å². The zero-order valence-electron chi connectivity index (χ0n) is 11.6. The van der Waals surface area contributed by atoms with E-state index in [-0.39, 0.29) is 12.0 Å². The normalized spacial score (nSPS) is 16.8. The number of aliphatic hydroxyl groups excluding tert-OH is 1. The monoisotopic (exact) mass is 255 g/mol. The first-order valence-corrected chi connectivity index (χ1v) is 7.14. The number of thiophene rings is 1. The maximum atomic E-state index is 9.39. The number of aliphatic hydroxyl groups is 1. The summed E-state index contributed by atoms with van der Waals surface area (Å²) in [6.45, 7) is 11.9. The Morgan fingerprint density at radius 1 is 1.47 bits per heavy atom. The molecule has 2 unspecified atom stereocenters. The van der Waals surface area contributed by atoms with Crippen molar-refractivity contribution < 1.29 is 5.11 Å². The van der Waals surface area contributed by atoms with Crippen molar-refractivity contribution in [2.75, 3.05) is 13.2 Å². The standard InChI is InChI=1S/C14H25NOS/c1-6-14(5,9-16)8-15-11(3)13-7-10(2)17-12(13)4/h7,11,15-16H,6,8-9H2,1-5H3. The van der Waals surface area contributed by atoms with Gasteiger partial charge in [0.05, 0.1) is 0 Å². The zero-order valence-corrected chi connectivity index (χ0v) is 12.4. The highest BCUT2D eigenvalue weighted by molar-refractivity contribution is 7.12. The Kier molecular flexibility index (Phi) is 5.17. The second-order valence-corrected chi connectivity index (χ2v) is 6.75. The lowest BCUT2D eigenvalue weighted by atomic mass is 9.88. The van der Waals surface area contributed by atoms with Crippen LogP contribution < -0.4 is 5.32 Å². The van der Waals surface area contributed by atoms with Gasteiger partial charge in [0, 0.05) is 34.4 Å². The molecule has 0 aliphatic heterocycles. The number of aryl methyl sites for hydroxylation is 2. The number of hydrogen-bond acceptors (Lipinski definition) is 3. The smallest absolute Gasteiger partial charge is 0.0496 e. The van der Waals surface area contributed by atoms with Crippen molar-refractivity contribution in [2.24, 2.45) is 5.41 Å². The molecule has 0 spiro atoms. The van der Waals surface area contributed by atoms with Crippen molar-refractivity contribution in [2.45, 2.75) is 47.1 Å². The summed E-state index contributed by atoms with van der Waals surface area (Å²) in [6.07, 6.45) is 0.991. The molecule has 0 saturated heterocycles. The highest BCUT2D eigenvalue weighted by Crippen LogP contribution is 2.27. The molecule has 0 amide bonds. The molecule has 17 heavy (non-hydrogen) atoms. The average molecular weight is 255 g/mol. The van der Waals surface area contributed by atoms with E-state index < -0.39 is 0 Å². The molecule has 98 valence electrons. The summed E-state index contributed by atoms with van der Waals surface area (Å²) in [5.41, 5.74) is 1.39. The lowest BCUT2D eigenvalue weighted by molar-refractivity contribution is 0.132. The predicted octanol–water partition coefficient (Wildman–Crippen LogP) is 3.42. The first-order valence-electron chi connectivity index (χ1n) is 6.33. The molecule has 0 aliphatic carbocycles. The van der Waals surface area contributed by atoms with E-state index >= 15 is 0 Å². The Morgan fingerprint density at radius 2 is 2.12 bits per heavy atom. The molecular formula is C14H25NOS. The van der Waals surface area contributed by atoms with Gasteiger partial charge >= 0.3 is 0 Å². The van der Waals surface area contributed by atoms with Gasteiger partial charge in [-0.2, -0.15) is 0 Å². The van der Waals surface area contributed by atoms with Gasteiger partial charge < -0.3 is 10.4 Å². The topological polar surface area (TPSA) is 32.3 Å². The zero-order chi connectivity index (χ0) is 13.1. The second-order valence-electron chi connectivity index (χ2n) is 5.29. The van der Waals surface area contributed by atoms with Gasteiger partial charge in [0.25, 0.3) is 0 Å². The van der Waals surface area contributed by atoms with E-state index in [1.807, 2.05) is 11.3 Å². The molecule has 2 N–H and O–H groups in total. The van der Waals surface area contributed by atoms with Crippen molar-refractivity contribution in [1.82, 2.24) is 5.32 Å². The van der Waals surface area contributed by atoms with E-state index in [4.69, 9.17) is 0 Å². The molecule has 3 heteroatoms. The van der Waals surface area contributed by atoms with E-state index in [9.17, 15) is 5.11 Å². The van der Waals surface area contributed by atoms with Crippen LogP contribution in [0.3, 0.4) is 0 Å². The lowest BCUT2D eigenvalue weighted by Gasteiger charge is -2.28. The third kappa shape index (κ3) is 3.80. The van der Waals surface area contributed by atoms with Crippen LogP contribution >= 0.6 is 11.3 Å². The fraction of sp³-hybridized carbons (Fsp3) is 0.714. The summed E-state index contributed by atoms with van der Waals surface area (Å²) in [6, 6.07) is 2.62. The first-order chi connectivity index (χ1) is 7.91. The largest absolute Gasteiger partial charge is 0.396 e. The fourth-order valence-corrected chi connectivity index (χ4v) is 2.90. The van der Waals surface area contributed by atoms with Crippen molar-refractivity contribution in [1.29, 1.82) is 0 Å². The summed E-state index contributed by atoms with van der Waals surface area (Å²) >= 11 is 1.85. The van der Waals surface area contributed by atoms with E-state index in [0.717, 1.165) is 13.0 Å². The minimum absolute atomic E-state index is 0.00672. The molecular weight excluding hydrogens is 230 g/mol. The number of rotatable bonds is 6. The highest BCUT2D eigenvalue weighted by atomic mass is 32.1. The lowest BCUT2D eigenvalue weighted by Crippen LogP contribution is -2.35. The molecule has 0 radical (unpaired) electrons. The predicted molar refractivity (Wildman–Crippen MR) is 75.7 cm³/mol. The van der Waals surface area contributed by atoms with Crippen LogP contribution in [0.1, 0.15) is 48.6 Å². The molecule has 2 nitrogen and oxygen atoms in total. The van der Waals surface area contributed by atoms with Crippen LogP contribution in [0.25, 0.3) is 0 Å². The molecule has 0 aliphatic rings. The van der Waals surface area contributed by atoms with Gasteiger partial charge in [0.1, 0.15) is 0 Å². The van der Waals surface area contributed by atoms with Crippen LogP contribution in [0.4, 0.5) is 0 Å². The highest BCUT2D eigenvalue weighted by Gasteiger charge is 2.22. The maximum Gasteiger partial charge on any atom is 0.0496 e. The molecule has 1 heterocycles. The summed E-state index contributed by atoms with van der Waals surface area (Å²) in [5.74, 6) is 0. The fourth-order valence-electron chi connectivity index (χ4n) is 1.88. The molecule has 1 aromatic heterocycles. The van der Waals surface area contributed by atoms with Gasteiger partial charge in [-0.3, -0.25) is 0 Å². The minimum Gasteiger partial charge on any atom is -0.396 e. The van der Waals surface area contributed by atoms with Crippen LogP contribution in [0, 0.1) is 19.3 Å². The minimum atomic E-state index is -0.00672. The summed E-state index contributed by atoms with van der Waals surface area (Å²) in [4.78, 5) is 2.76. The SMILES string of the molecule is CCC(C)(CO)CNC(C)c1cc(C)sc1C. The van der Waals surface area contributed by atoms with Crippen LogP contribution in [0.5, 0.6) is 0 Å². The van der Waals surface area contributed by atoms with E-state index in [1.165, 1.54) is 15.3 Å². The van der Waals surface area contributed by atoms with Crippen LogP contribution in [0.2, 0.25) is 0 Å². The van der Waals surface area contributed by atoms with Crippen molar-refractivity contribution in [3.8, 4) is 0 Å². The molecule has 0 bridgehead atoms. The van der Waals surface area contributed by atoms with Gasteiger partial charge in [-0.25, -0.2) is 0 Å². The number of hydrogen-bond donors (Lipinski definition) is 2. The van der Waals surface area contributed by atoms with Gasteiger partial charge in [0.2, 0.25) is 0 Å². The molecule has 2 atom stereocenters. The van der Waals surface area contributed by atoms with Crippen LogP contribution in [-0.4, -0.2) is 18.3 Å². The quantitative estimate of drug-likeness (QED) is 0.816. The molecule has 0 saturated carbocycles. The Bertz CT molecular complexity index is 355. The summed E-state index contributed by atoms with van der Waals surface area (Å²) in [5, 5.41) is 12.9.